The van der Waals surface area contributed by atoms with Crippen molar-refractivity contribution in [2.45, 2.75) is 146 Å². The number of amides is 7. The van der Waals surface area contributed by atoms with Crippen LogP contribution in [0.4, 0.5) is 0 Å². The highest BCUT2D eigenvalue weighted by atomic mass is 16.5. The first-order chi connectivity index (χ1) is 36.2. The number of carbonyl (C=O) groups is 7. The lowest BCUT2D eigenvalue weighted by atomic mass is 9.90. The number of aromatic nitrogens is 1. The molecule has 75 heavy (non-hydrogen) atoms. The van der Waals surface area contributed by atoms with Crippen molar-refractivity contribution < 1.29 is 38.3 Å². The lowest BCUT2D eigenvalue weighted by Gasteiger charge is -2.27. The lowest BCUT2D eigenvalue weighted by Crippen LogP contribution is -2.57. The van der Waals surface area contributed by atoms with Gasteiger partial charge >= 0.3 is 0 Å². The normalized spacial score (nSPS) is 21.7. The molecule has 0 spiro atoms. The lowest BCUT2D eigenvalue weighted by molar-refractivity contribution is -0.132. The second-order valence-electron chi connectivity index (χ2n) is 19.2. The average molecular weight is 1040 g/mol. The first-order valence-electron chi connectivity index (χ1n) is 26.6. The zero-order valence-electron chi connectivity index (χ0n) is 43.6. The van der Waals surface area contributed by atoms with Gasteiger partial charge in [0.05, 0.1) is 19.1 Å². The van der Waals surface area contributed by atoms with E-state index in [2.05, 4.69) is 47.5 Å². The molecule has 1 aromatic heterocycles. The van der Waals surface area contributed by atoms with Crippen LogP contribution < -0.4 is 64.5 Å². The minimum absolute atomic E-state index is 0.0673. The molecule has 408 valence electrons. The summed E-state index contributed by atoms with van der Waals surface area (Å²) in [5, 5.41) is 24.7. The van der Waals surface area contributed by atoms with Gasteiger partial charge in [0.2, 0.25) is 41.4 Å². The summed E-state index contributed by atoms with van der Waals surface area (Å²) in [4.78, 5) is 99.2. The van der Waals surface area contributed by atoms with E-state index in [1.54, 1.807) is 6.20 Å². The van der Waals surface area contributed by atoms with E-state index < -0.39 is 66.0 Å². The number of nitrogens with two attached hydrogens (primary N) is 3. The quantitative estimate of drug-likeness (QED) is 0.0536. The van der Waals surface area contributed by atoms with E-state index >= 15 is 0 Å². The van der Waals surface area contributed by atoms with Crippen LogP contribution in [0.3, 0.4) is 0 Å². The van der Waals surface area contributed by atoms with Gasteiger partial charge in [-0.1, -0.05) is 74.0 Å². The summed E-state index contributed by atoms with van der Waals surface area (Å²) in [6, 6.07) is 20.1. The van der Waals surface area contributed by atoms with Crippen LogP contribution >= 0.6 is 0 Å². The maximum absolute atomic E-state index is 14.6. The van der Waals surface area contributed by atoms with E-state index in [1.807, 2.05) is 92.7 Å². The fourth-order valence-electron chi connectivity index (χ4n) is 9.17. The summed E-state index contributed by atoms with van der Waals surface area (Å²) in [5.74, 6) is -2.91. The van der Waals surface area contributed by atoms with Crippen LogP contribution in [0.2, 0.25) is 0 Å². The molecule has 1 fully saturated rings. The van der Waals surface area contributed by atoms with Crippen molar-refractivity contribution in [3.63, 3.8) is 0 Å². The van der Waals surface area contributed by atoms with Crippen LogP contribution in [0.1, 0.15) is 114 Å². The minimum Gasteiger partial charge on any atom is -0.494 e. The second kappa shape index (κ2) is 31.8. The summed E-state index contributed by atoms with van der Waals surface area (Å²) in [7, 11) is 0. The third-order valence-electron chi connectivity index (χ3n) is 13.3. The molecule has 1 unspecified atom stereocenters. The number of nitrogens with one attached hydrogen (secondary N) is 9. The van der Waals surface area contributed by atoms with E-state index in [0.29, 0.717) is 70.3 Å². The molecule has 1 aliphatic rings. The number of carbonyl (C=O) groups excluding carboxylic acids is 7. The van der Waals surface area contributed by atoms with E-state index in [0.717, 1.165) is 34.0 Å². The average Bonchev–Trinajstić information content (AvgIpc) is 3.80. The molecule has 20 heteroatoms. The third kappa shape index (κ3) is 20.8. The molecule has 5 rings (SSSR count). The number of para-hydroxylation sites is 1. The number of aromatic amines is 1. The Morgan fingerprint density at radius 3 is 2.24 bits per heavy atom. The SMILES string of the molecule is CCCCC(=O)NC1CC(=O)NCCCC[C@@H](C(N)=O)NC(=O)[C@H](Cc2c[nH]c3ccccc23)NC(=O)[C@H](CCCNC(N)N)NC[C@@H](Cc2ccccc2)NC(=O)CC[C@H](c2ccc(OCC)cc2)CCNC1=O. The molecule has 15 N–H and O–H groups in total. The largest absolute Gasteiger partial charge is 0.494 e. The minimum atomic E-state index is -1.16. The zero-order chi connectivity index (χ0) is 54.0. The Bertz CT molecular complexity index is 2430. The fraction of sp³-hybridized carbons (Fsp3) is 0.509. The highest BCUT2D eigenvalue weighted by Gasteiger charge is 2.31. The molecule has 1 saturated heterocycles. The van der Waals surface area contributed by atoms with Crippen molar-refractivity contribution >= 4 is 52.3 Å². The molecule has 0 radical (unpaired) electrons. The molecule has 6 atom stereocenters. The van der Waals surface area contributed by atoms with Gasteiger partial charge in [0.1, 0.15) is 30.2 Å². The molecule has 4 aromatic rings. The maximum atomic E-state index is 14.6. The van der Waals surface area contributed by atoms with Gasteiger partial charge < -0.3 is 64.1 Å². The summed E-state index contributed by atoms with van der Waals surface area (Å²) >= 11 is 0. The fourth-order valence-corrected chi connectivity index (χ4v) is 9.17. The van der Waals surface area contributed by atoms with Crippen molar-refractivity contribution in [1.29, 1.82) is 0 Å². The third-order valence-corrected chi connectivity index (χ3v) is 13.3. The topological polar surface area (TPSA) is 319 Å². The molecule has 0 bridgehead atoms. The number of primary amides is 1. The summed E-state index contributed by atoms with van der Waals surface area (Å²) in [5.41, 5.74) is 20.9. The number of ether oxygens (including phenoxy) is 1. The van der Waals surface area contributed by atoms with Gasteiger partial charge in [0.25, 0.3) is 0 Å². The van der Waals surface area contributed by atoms with Crippen LogP contribution in [0.5, 0.6) is 5.75 Å². The number of hydrogen-bond acceptors (Lipinski definition) is 12. The van der Waals surface area contributed by atoms with Crippen LogP contribution in [0.25, 0.3) is 10.9 Å². The first-order valence-corrected chi connectivity index (χ1v) is 26.6. The van der Waals surface area contributed by atoms with Crippen LogP contribution in [0.15, 0.2) is 85.1 Å². The molecule has 0 aliphatic carbocycles. The monoisotopic (exact) mass is 1040 g/mol. The number of unbranched alkanes of at least 4 members (excludes halogenated alkanes) is 1. The van der Waals surface area contributed by atoms with Gasteiger partial charge in [0.15, 0.2) is 0 Å². The van der Waals surface area contributed by atoms with Gasteiger partial charge in [-0.15, -0.1) is 0 Å². The van der Waals surface area contributed by atoms with Gasteiger partial charge in [-0.3, -0.25) is 38.9 Å². The van der Waals surface area contributed by atoms with Gasteiger partial charge in [0, 0.05) is 62.0 Å². The van der Waals surface area contributed by atoms with Crippen molar-refractivity contribution in [2.24, 2.45) is 17.2 Å². The van der Waals surface area contributed by atoms with Crippen LogP contribution in [0, 0.1) is 0 Å². The standard InChI is InChI=1S/C55H80N12O8/c1-3-5-20-48(68)65-47-33-50(70)59-28-12-11-18-44(51(56)71)66-54(74)46(32-39-34-62-43-17-10-9-16-42(39)43)67-53(73)45(19-13-29-61-55(57)58)63-35-40(31-36-14-7-6-8-15-36)64-49(69)26-23-38(27-30-60-52(47)72)37-21-24-41(25-22-37)75-4-2/h6-10,14-17,21-22,24-25,34,38,40,44-47,55,61-63H,3-5,11-13,18-20,23,26-33,35,57-58H2,1-2H3,(H2,56,71)(H,59,70)(H,60,72)(H,64,69)(H,65,68)(H,66,74)(H,67,73)/t38-,40+,44-,45-,46-,47?/m0/s1. The molecule has 3 aromatic carbocycles. The van der Waals surface area contributed by atoms with Crippen molar-refractivity contribution in [1.82, 2.24) is 47.5 Å². The van der Waals surface area contributed by atoms with Gasteiger partial charge in [-0.05, 0) is 112 Å². The van der Waals surface area contributed by atoms with Gasteiger partial charge in [-0.2, -0.15) is 0 Å². The summed E-state index contributed by atoms with van der Waals surface area (Å²) in [6.07, 6.45) is 5.43. The number of hydrogen-bond donors (Lipinski definition) is 12. The molecule has 0 saturated carbocycles. The van der Waals surface area contributed by atoms with Crippen LogP contribution in [-0.2, 0) is 46.4 Å². The Morgan fingerprint density at radius 2 is 1.51 bits per heavy atom. The molecule has 2 heterocycles. The summed E-state index contributed by atoms with van der Waals surface area (Å²) in [6.45, 7) is 5.29. The van der Waals surface area contributed by atoms with E-state index in [4.69, 9.17) is 21.9 Å². The smallest absolute Gasteiger partial charge is 0.243 e. The second-order valence-corrected chi connectivity index (χ2v) is 19.2. The number of benzene rings is 3. The van der Waals surface area contributed by atoms with Crippen molar-refractivity contribution in [3.8, 4) is 5.75 Å². The Balaban J connectivity index is 1.46. The Kier molecular flexibility index (Phi) is 25.0. The zero-order valence-corrected chi connectivity index (χ0v) is 43.6. The number of H-pyrrole nitrogens is 1. The predicted molar refractivity (Wildman–Crippen MR) is 288 cm³/mol. The number of fused-ring (bicyclic) bond motifs is 1. The Hall–Kier alpha value is -6.87. The Morgan fingerprint density at radius 1 is 0.760 bits per heavy atom. The van der Waals surface area contributed by atoms with Crippen LogP contribution in [-0.4, -0.2) is 116 Å². The highest BCUT2D eigenvalue weighted by molar-refractivity contribution is 5.94. The number of rotatable bonds is 17. The highest BCUT2D eigenvalue weighted by Crippen LogP contribution is 2.27. The summed E-state index contributed by atoms with van der Waals surface area (Å²) < 4.78 is 5.70. The van der Waals surface area contributed by atoms with Crippen molar-refractivity contribution in [2.75, 3.05) is 32.8 Å². The maximum Gasteiger partial charge on any atom is 0.243 e. The molecule has 20 nitrogen and oxygen atoms in total. The van der Waals surface area contributed by atoms with E-state index in [-0.39, 0.29) is 69.5 Å². The van der Waals surface area contributed by atoms with E-state index in [1.165, 1.54) is 0 Å². The molecule has 7 amide bonds. The van der Waals surface area contributed by atoms with E-state index in [9.17, 15) is 33.6 Å². The molecular formula is C55H80N12O8. The molecule has 1 aliphatic heterocycles. The Labute approximate surface area is 440 Å². The first kappa shape index (κ1) is 59.0. The molecular weight excluding hydrogens is 957 g/mol. The predicted octanol–water partition coefficient (Wildman–Crippen LogP) is 2.26. The van der Waals surface area contributed by atoms with Crippen molar-refractivity contribution in [3.05, 3.63) is 102 Å². The van der Waals surface area contributed by atoms with Gasteiger partial charge in [-0.25, -0.2) is 0 Å².